The summed E-state index contributed by atoms with van der Waals surface area (Å²) in [7, 11) is 2.90. The first kappa shape index (κ1) is 19.1. The quantitative estimate of drug-likeness (QED) is 0.758. The third-order valence-electron chi connectivity index (χ3n) is 6.39. The van der Waals surface area contributed by atoms with Crippen LogP contribution < -0.4 is 5.56 Å². The highest BCUT2D eigenvalue weighted by molar-refractivity contribution is 5.93. The van der Waals surface area contributed by atoms with Gasteiger partial charge in [0.25, 0.3) is 5.56 Å². The SMILES string of the molecule is CCN1C2CCCC1CC(n1c(=O)c(C(=O)N(C)OC)nc3ccccc31)C2. The van der Waals surface area contributed by atoms with Crippen LogP contribution in [-0.2, 0) is 4.84 Å². The maximum atomic E-state index is 13.4. The highest BCUT2D eigenvalue weighted by atomic mass is 16.7. The lowest BCUT2D eigenvalue weighted by Gasteiger charge is -2.49. The van der Waals surface area contributed by atoms with Crippen molar-refractivity contribution in [2.75, 3.05) is 20.7 Å². The van der Waals surface area contributed by atoms with E-state index in [-0.39, 0.29) is 17.3 Å². The molecule has 0 spiro atoms. The van der Waals surface area contributed by atoms with Crippen molar-refractivity contribution in [1.29, 1.82) is 0 Å². The van der Waals surface area contributed by atoms with E-state index in [0.717, 1.165) is 30.0 Å². The smallest absolute Gasteiger partial charge is 0.301 e. The van der Waals surface area contributed by atoms with E-state index in [1.54, 1.807) is 0 Å². The Labute approximate surface area is 164 Å². The Kier molecular flexibility index (Phi) is 5.21. The lowest BCUT2D eigenvalue weighted by molar-refractivity contribution is -0.0762. The minimum absolute atomic E-state index is 0.0777. The van der Waals surface area contributed by atoms with Crippen molar-refractivity contribution in [3.05, 3.63) is 40.3 Å². The summed E-state index contributed by atoms with van der Waals surface area (Å²) in [6.45, 7) is 3.27. The fourth-order valence-corrected chi connectivity index (χ4v) is 5.06. The monoisotopic (exact) mass is 384 g/mol. The number of nitrogens with zero attached hydrogens (tertiary/aromatic N) is 4. The lowest BCUT2D eigenvalue weighted by Crippen LogP contribution is -2.53. The molecular weight excluding hydrogens is 356 g/mol. The molecule has 2 saturated heterocycles. The minimum atomic E-state index is -0.516. The topological polar surface area (TPSA) is 67.7 Å². The van der Waals surface area contributed by atoms with E-state index in [2.05, 4.69) is 16.8 Å². The molecule has 2 bridgehead atoms. The van der Waals surface area contributed by atoms with Crippen molar-refractivity contribution in [1.82, 2.24) is 19.5 Å². The van der Waals surface area contributed by atoms with E-state index >= 15 is 0 Å². The van der Waals surface area contributed by atoms with Gasteiger partial charge < -0.3 is 4.57 Å². The number of carbonyl (C=O) groups is 1. The van der Waals surface area contributed by atoms with Crippen LogP contribution in [0.5, 0.6) is 0 Å². The molecular formula is C21H28N4O3. The number of benzene rings is 1. The number of rotatable bonds is 4. The summed E-state index contributed by atoms with van der Waals surface area (Å²) < 4.78 is 1.83. The molecule has 2 unspecified atom stereocenters. The van der Waals surface area contributed by atoms with E-state index in [0.29, 0.717) is 17.6 Å². The normalized spacial score (nSPS) is 25.0. The molecule has 0 radical (unpaired) electrons. The largest absolute Gasteiger partial charge is 0.302 e. The van der Waals surface area contributed by atoms with Crippen LogP contribution in [0.15, 0.2) is 29.1 Å². The van der Waals surface area contributed by atoms with Gasteiger partial charge in [0, 0.05) is 25.2 Å². The maximum Gasteiger partial charge on any atom is 0.301 e. The fraction of sp³-hybridized carbons (Fsp3) is 0.571. The van der Waals surface area contributed by atoms with Crippen molar-refractivity contribution >= 4 is 16.9 Å². The molecule has 1 amide bonds. The molecule has 1 aromatic heterocycles. The van der Waals surface area contributed by atoms with Crippen molar-refractivity contribution in [2.45, 2.75) is 57.2 Å². The molecule has 0 saturated carbocycles. The Balaban J connectivity index is 1.83. The molecule has 7 heteroatoms. The van der Waals surface area contributed by atoms with Gasteiger partial charge in [-0.1, -0.05) is 25.5 Å². The molecule has 7 nitrogen and oxygen atoms in total. The van der Waals surface area contributed by atoms with E-state index in [9.17, 15) is 9.59 Å². The zero-order chi connectivity index (χ0) is 19.8. The van der Waals surface area contributed by atoms with Crippen LogP contribution in [0.2, 0.25) is 0 Å². The Morgan fingerprint density at radius 3 is 2.54 bits per heavy atom. The van der Waals surface area contributed by atoms with Crippen LogP contribution in [-0.4, -0.2) is 58.2 Å². The number of fused-ring (bicyclic) bond motifs is 3. The molecule has 28 heavy (non-hydrogen) atoms. The van der Waals surface area contributed by atoms with Gasteiger partial charge in [-0.2, -0.15) is 0 Å². The van der Waals surface area contributed by atoms with Crippen LogP contribution in [0, 0.1) is 0 Å². The third-order valence-corrected chi connectivity index (χ3v) is 6.39. The van der Waals surface area contributed by atoms with E-state index < -0.39 is 5.91 Å². The van der Waals surface area contributed by atoms with Gasteiger partial charge in [0.2, 0.25) is 0 Å². The van der Waals surface area contributed by atoms with Gasteiger partial charge in [-0.3, -0.25) is 19.3 Å². The van der Waals surface area contributed by atoms with Gasteiger partial charge in [0.15, 0.2) is 5.69 Å². The molecule has 2 aliphatic rings. The Morgan fingerprint density at radius 2 is 1.89 bits per heavy atom. The highest BCUT2D eigenvalue weighted by Crippen LogP contribution is 2.39. The molecule has 150 valence electrons. The number of amides is 1. The molecule has 1 aromatic carbocycles. The third kappa shape index (κ3) is 3.12. The first-order valence-electron chi connectivity index (χ1n) is 10.1. The number of hydrogen-bond acceptors (Lipinski definition) is 5. The standard InChI is InChI=1S/C21H28N4O3/c1-4-24-14-8-7-9-15(24)13-16(12-14)25-18-11-6-5-10-17(18)22-19(21(25)27)20(26)23(2)28-3/h5-6,10-11,14-16H,4,7-9,12-13H2,1-3H3. The van der Waals surface area contributed by atoms with Crippen LogP contribution in [0.4, 0.5) is 0 Å². The number of hydrogen-bond donors (Lipinski definition) is 0. The Hall–Kier alpha value is -2.25. The molecule has 2 fully saturated rings. The molecule has 0 N–H and O–H groups in total. The second-order valence-electron chi connectivity index (χ2n) is 7.80. The second-order valence-corrected chi connectivity index (χ2v) is 7.80. The summed E-state index contributed by atoms with van der Waals surface area (Å²) in [6, 6.07) is 8.68. The summed E-state index contributed by atoms with van der Waals surface area (Å²) in [6.07, 6.45) is 5.48. The lowest BCUT2D eigenvalue weighted by atomic mass is 9.81. The van der Waals surface area contributed by atoms with Crippen LogP contribution >= 0.6 is 0 Å². The van der Waals surface area contributed by atoms with Gasteiger partial charge in [0.1, 0.15) is 0 Å². The van der Waals surface area contributed by atoms with Gasteiger partial charge in [-0.25, -0.2) is 10.0 Å². The van der Waals surface area contributed by atoms with Gasteiger partial charge in [0.05, 0.1) is 18.1 Å². The van der Waals surface area contributed by atoms with Crippen molar-refractivity contribution in [2.24, 2.45) is 0 Å². The number of aromatic nitrogens is 2. The van der Waals surface area contributed by atoms with E-state index in [1.165, 1.54) is 33.4 Å². The van der Waals surface area contributed by atoms with Gasteiger partial charge in [-0.05, 0) is 44.4 Å². The summed E-state index contributed by atoms with van der Waals surface area (Å²) in [5.74, 6) is -0.516. The highest BCUT2D eigenvalue weighted by Gasteiger charge is 2.39. The van der Waals surface area contributed by atoms with Gasteiger partial charge in [-0.15, -0.1) is 0 Å². The average molecular weight is 384 g/mol. The number of carbonyl (C=O) groups excluding carboxylic acids is 1. The molecule has 2 aliphatic heterocycles. The first-order valence-corrected chi connectivity index (χ1v) is 10.1. The summed E-state index contributed by atoms with van der Waals surface area (Å²) >= 11 is 0. The number of piperidine rings is 2. The molecule has 3 heterocycles. The minimum Gasteiger partial charge on any atom is -0.302 e. The van der Waals surface area contributed by atoms with Crippen LogP contribution in [0.1, 0.15) is 55.6 Å². The van der Waals surface area contributed by atoms with E-state index in [1.807, 2.05) is 28.8 Å². The zero-order valence-corrected chi connectivity index (χ0v) is 16.8. The predicted octanol–water partition coefficient (Wildman–Crippen LogP) is 2.61. The van der Waals surface area contributed by atoms with Crippen molar-refractivity contribution in [3.8, 4) is 0 Å². The Morgan fingerprint density at radius 1 is 1.21 bits per heavy atom. The zero-order valence-electron chi connectivity index (χ0n) is 16.8. The fourth-order valence-electron chi connectivity index (χ4n) is 5.06. The number of para-hydroxylation sites is 2. The van der Waals surface area contributed by atoms with Crippen LogP contribution in [0.3, 0.4) is 0 Å². The molecule has 4 rings (SSSR count). The van der Waals surface area contributed by atoms with Crippen LogP contribution in [0.25, 0.3) is 11.0 Å². The average Bonchev–Trinajstić information content (AvgIpc) is 2.71. The van der Waals surface area contributed by atoms with Crippen molar-refractivity contribution < 1.29 is 9.63 Å². The van der Waals surface area contributed by atoms with Gasteiger partial charge >= 0.3 is 5.91 Å². The predicted molar refractivity (Wildman–Crippen MR) is 107 cm³/mol. The molecule has 2 aromatic rings. The Bertz CT molecular complexity index is 927. The summed E-state index contributed by atoms with van der Waals surface area (Å²) in [5, 5.41) is 1.05. The number of hydroxylamine groups is 2. The second kappa shape index (κ2) is 7.64. The maximum absolute atomic E-state index is 13.4. The molecule has 0 aliphatic carbocycles. The first-order chi connectivity index (χ1) is 13.5. The van der Waals surface area contributed by atoms with Crippen molar-refractivity contribution in [3.63, 3.8) is 0 Å². The van der Waals surface area contributed by atoms with E-state index in [4.69, 9.17) is 4.84 Å². The summed E-state index contributed by atoms with van der Waals surface area (Å²) in [4.78, 5) is 38.1. The summed E-state index contributed by atoms with van der Waals surface area (Å²) in [5.41, 5.74) is 1.07. The molecule has 2 atom stereocenters.